The van der Waals surface area contributed by atoms with Crippen molar-refractivity contribution in [3.8, 4) is 22.5 Å². The van der Waals surface area contributed by atoms with Crippen molar-refractivity contribution in [2.24, 2.45) is 5.73 Å². The first-order valence-electron chi connectivity index (χ1n) is 9.53. The van der Waals surface area contributed by atoms with E-state index < -0.39 is 5.91 Å². The minimum Gasteiger partial charge on any atom is -0.378 e. The molecule has 1 saturated heterocycles. The van der Waals surface area contributed by atoms with Crippen LogP contribution >= 0.6 is 11.6 Å². The Kier molecular flexibility index (Phi) is 4.45. The highest BCUT2D eigenvalue weighted by atomic mass is 35.5. The van der Waals surface area contributed by atoms with Crippen LogP contribution in [0.15, 0.2) is 42.5 Å². The van der Waals surface area contributed by atoms with Gasteiger partial charge in [-0.05, 0) is 35.9 Å². The summed E-state index contributed by atoms with van der Waals surface area (Å²) in [5.74, 6) is 0.462. The molecule has 6 nitrogen and oxygen atoms in total. The topological polar surface area (TPSA) is 81.3 Å². The van der Waals surface area contributed by atoms with Crippen LogP contribution in [0.3, 0.4) is 0 Å². The van der Waals surface area contributed by atoms with E-state index >= 15 is 0 Å². The molecule has 1 fully saturated rings. The molecule has 1 amide bonds. The lowest BCUT2D eigenvalue weighted by molar-refractivity contribution is 0.0999. The number of aromatic nitrogens is 2. The molecule has 146 valence electrons. The van der Waals surface area contributed by atoms with E-state index in [2.05, 4.69) is 4.90 Å². The molecule has 0 saturated carbocycles. The number of carbonyl (C=O) groups is 1. The van der Waals surface area contributed by atoms with Crippen molar-refractivity contribution in [1.29, 1.82) is 0 Å². The van der Waals surface area contributed by atoms with Crippen LogP contribution in [0, 0.1) is 0 Å². The number of benzene rings is 1. The van der Waals surface area contributed by atoms with Crippen LogP contribution in [0.25, 0.3) is 22.5 Å². The summed E-state index contributed by atoms with van der Waals surface area (Å²) in [7, 11) is 0. The number of primary amides is 1. The Bertz CT molecular complexity index is 1130. The lowest BCUT2D eigenvalue weighted by Gasteiger charge is -2.28. The average molecular weight is 407 g/mol. The van der Waals surface area contributed by atoms with Gasteiger partial charge in [0.15, 0.2) is 0 Å². The van der Waals surface area contributed by atoms with Crippen molar-refractivity contribution >= 4 is 23.3 Å². The highest BCUT2D eigenvalue weighted by Gasteiger charge is 2.28. The number of amides is 1. The molecule has 0 radical (unpaired) electrons. The second-order valence-corrected chi connectivity index (χ2v) is 7.63. The number of hydrogen-bond donors (Lipinski definition) is 1. The Morgan fingerprint density at radius 2 is 1.93 bits per heavy atom. The van der Waals surface area contributed by atoms with Gasteiger partial charge in [-0.15, -0.1) is 0 Å². The van der Waals surface area contributed by atoms with Gasteiger partial charge >= 0.3 is 0 Å². The van der Waals surface area contributed by atoms with Gasteiger partial charge in [-0.2, -0.15) is 0 Å². The molecule has 2 aromatic heterocycles. The highest BCUT2D eigenvalue weighted by Crippen LogP contribution is 2.39. The van der Waals surface area contributed by atoms with Gasteiger partial charge in [-0.1, -0.05) is 23.7 Å². The number of nitrogens with zero attached hydrogens (tertiary/aromatic N) is 3. The van der Waals surface area contributed by atoms with Crippen LogP contribution in [0.1, 0.15) is 21.6 Å². The number of carbonyl (C=O) groups excluding carboxylic acids is 1. The minimum atomic E-state index is -0.465. The standard InChI is InChI=1S/C22H19ClN4O2/c23-14-3-1-2-13(10-14)18-12-17(22(24)28)16-11-19-15(21(16)26-18)4-5-20(25-19)27-6-8-29-9-7-27/h1-5,10,12H,6-9,11H2,(H2,24,28). The van der Waals surface area contributed by atoms with Crippen molar-refractivity contribution in [2.75, 3.05) is 31.2 Å². The summed E-state index contributed by atoms with van der Waals surface area (Å²) < 4.78 is 5.43. The fourth-order valence-corrected chi connectivity index (χ4v) is 4.16. The zero-order chi connectivity index (χ0) is 20.0. The molecule has 29 heavy (non-hydrogen) atoms. The normalized spacial score (nSPS) is 15.1. The van der Waals surface area contributed by atoms with E-state index in [0.717, 1.165) is 47.0 Å². The maximum atomic E-state index is 12.2. The van der Waals surface area contributed by atoms with E-state index in [-0.39, 0.29) is 0 Å². The molecule has 0 bridgehead atoms. The van der Waals surface area contributed by atoms with E-state index in [4.69, 9.17) is 32.0 Å². The molecule has 0 spiro atoms. The summed E-state index contributed by atoms with van der Waals surface area (Å²) in [6.45, 7) is 3.05. The molecule has 2 N–H and O–H groups in total. The van der Waals surface area contributed by atoms with Gasteiger partial charge in [0.2, 0.25) is 5.91 Å². The largest absolute Gasteiger partial charge is 0.378 e. The third kappa shape index (κ3) is 3.24. The van der Waals surface area contributed by atoms with Crippen LogP contribution in [-0.2, 0) is 11.2 Å². The lowest BCUT2D eigenvalue weighted by atomic mass is 10.0. The quantitative estimate of drug-likeness (QED) is 0.564. The molecule has 2 aliphatic rings. The molecular weight excluding hydrogens is 388 g/mol. The SMILES string of the molecule is NC(=O)c1cc(-c2cccc(Cl)c2)nc2c1Cc1nc(N3CCOCC3)ccc1-2. The van der Waals surface area contributed by atoms with E-state index in [9.17, 15) is 4.79 Å². The van der Waals surface area contributed by atoms with Gasteiger partial charge < -0.3 is 15.4 Å². The Morgan fingerprint density at radius 3 is 2.69 bits per heavy atom. The van der Waals surface area contributed by atoms with Crippen LogP contribution < -0.4 is 10.6 Å². The number of rotatable bonds is 3. The number of nitrogens with two attached hydrogens (primary N) is 1. The lowest BCUT2D eigenvalue weighted by Crippen LogP contribution is -2.36. The first kappa shape index (κ1) is 18.1. The number of ether oxygens (including phenoxy) is 1. The molecule has 3 heterocycles. The van der Waals surface area contributed by atoms with Crippen LogP contribution in [0.5, 0.6) is 0 Å². The van der Waals surface area contributed by atoms with E-state index in [1.54, 1.807) is 12.1 Å². The molecule has 1 aliphatic carbocycles. The van der Waals surface area contributed by atoms with Crippen molar-refractivity contribution in [3.05, 3.63) is 64.3 Å². The van der Waals surface area contributed by atoms with Crippen LogP contribution in [0.2, 0.25) is 5.02 Å². The van der Waals surface area contributed by atoms with E-state index in [0.29, 0.717) is 35.9 Å². The number of morpholine rings is 1. The number of anilines is 1. The number of fused-ring (bicyclic) bond motifs is 3. The first-order valence-corrected chi connectivity index (χ1v) is 9.90. The molecule has 3 aromatic rings. The molecule has 1 aliphatic heterocycles. The summed E-state index contributed by atoms with van der Waals surface area (Å²) in [6, 6.07) is 13.2. The van der Waals surface area contributed by atoms with Gasteiger partial charge in [-0.3, -0.25) is 4.79 Å². The summed E-state index contributed by atoms with van der Waals surface area (Å²) in [5.41, 5.74) is 11.2. The Labute approximate surface area is 173 Å². The maximum Gasteiger partial charge on any atom is 0.249 e. The van der Waals surface area contributed by atoms with Gasteiger partial charge in [0, 0.05) is 41.2 Å². The fourth-order valence-electron chi connectivity index (χ4n) is 3.97. The van der Waals surface area contributed by atoms with Crippen LogP contribution in [-0.4, -0.2) is 42.2 Å². The molecule has 0 unspecified atom stereocenters. The van der Waals surface area contributed by atoms with Crippen molar-refractivity contribution in [2.45, 2.75) is 6.42 Å². The average Bonchev–Trinajstić information content (AvgIpc) is 3.11. The van der Waals surface area contributed by atoms with Gasteiger partial charge in [0.1, 0.15) is 5.82 Å². The molecule has 7 heteroatoms. The molecule has 5 rings (SSSR count). The Hall–Kier alpha value is -2.96. The third-order valence-electron chi connectivity index (χ3n) is 5.40. The van der Waals surface area contributed by atoms with Gasteiger partial charge in [-0.25, -0.2) is 9.97 Å². The number of pyridine rings is 2. The molecule has 0 atom stereocenters. The molecular formula is C22H19ClN4O2. The highest BCUT2D eigenvalue weighted by molar-refractivity contribution is 6.30. The zero-order valence-electron chi connectivity index (χ0n) is 15.7. The zero-order valence-corrected chi connectivity index (χ0v) is 16.4. The predicted molar refractivity (Wildman–Crippen MR) is 112 cm³/mol. The fraction of sp³-hybridized carbons (Fsp3) is 0.227. The summed E-state index contributed by atoms with van der Waals surface area (Å²) in [5, 5.41) is 0.614. The second kappa shape index (κ2) is 7.13. The summed E-state index contributed by atoms with van der Waals surface area (Å²) >= 11 is 6.14. The van der Waals surface area contributed by atoms with E-state index in [1.807, 2.05) is 30.3 Å². The summed E-state index contributed by atoms with van der Waals surface area (Å²) in [4.78, 5) is 24.1. The van der Waals surface area contributed by atoms with Crippen molar-refractivity contribution in [3.63, 3.8) is 0 Å². The van der Waals surface area contributed by atoms with E-state index in [1.165, 1.54) is 0 Å². The van der Waals surface area contributed by atoms with Crippen molar-refractivity contribution in [1.82, 2.24) is 9.97 Å². The predicted octanol–water partition coefficient (Wildman–Crippen LogP) is 3.30. The monoisotopic (exact) mass is 406 g/mol. The first-order chi connectivity index (χ1) is 14.1. The molecule has 1 aromatic carbocycles. The smallest absolute Gasteiger partial charge is 0.249 e. The Balaban J connectivity index is 1.61. The summed E-state index contributed by atoms with van der Waals surface area (Å²) in [6.07, 6.45) is 0.546. The van der Waals surface area contributed by atoms with Gasteiger partial charge in [0.25, 0.3) is 0 Å². The second-order valence-electron chi connectivity index (χ2n) is 7.20. The number of hydrogen-bond acceptors (Lipinski definition) is 5. The van der Waals surface area contributed by atoms with Crippen molar-refractivity contribution < 1.29 is 9.53 Å². The number of halogens is 1. The van der Waals surface area contributed by atoms with Crippen LogP contribution in [0.4, 0.5) is 5.82 Å². The van der Waals surface area contributed by atoms with Gasteiger partial charge in [0.05, 0.1) is 30.3 Å². The Morgan fingerprint density at radius 1 is 1.10 bits per heavy atom. The minimum absolute atomic E-state index is 0.465. The third-order valence-corrected chi connectivity index (χ3v) is 5.64. The maximum absolute atomic E-state index is 12.2.